The van der Waals surface area contributed by atoms with Crippen molar-refractivity contribution in [3.05, 3.63) is 106 Å². The van der Waals surface area contributed by atoms with Crippen molar-refractivity contribution in [2.75, 3.05) is 17.6 Å². The average Bonchev–Trinajstić information content (AvgIpc) is 2.94. The Balaban J connectivity index is 1.64. The van der Waals surface area contributed by atoms with Crippen molar-refractivity contribution in [2.24, 2.45) is 0 Å². The van der Waals surface area contributed by atoms with Crippen molar-refractivity contribution >= 4 is 32.6 Å². The molecule has 3 N–H and O–H groups in total. The molecule has 0 radical (unpaired) electrons. The Hall–Kier alpha value is -4.98. The zero-order valence-electron chi connectivity index (χ0n) is 21.4. The average molecular weight is 603 g/mol. The highest BCUT2D eigenvalue weighted by Gasteiger charge is 2.34. The van der Waals surface area contributed by atoms with Crippen molar-refractivity contribution in [1.29, 1.82) is 0 Å². The Morgan fingerprint density at radius 3 is 2.31 bits per heavy atom. The minimum absolute atomic E-state index is 0.0922. The minimum atomic E-state index is -4.78. The molecular weight excluding hydrogens is 583 g/mol. The number of para-hydroxylation sites is 1. The van der Waals surface area contributed by atoms with E-state index in [1.54, 1.807) is 0 Å². The molecule has 0 fully saturated rings. The molecule has 1 aromatic heterocycles. The lowest BCUT2D eigenvalue weighted by Crippen LogP contribution is -2.25. The fourth-order valence-electron chi connectivity index (χ4n) is 4.36. The summed E-state index contributed by atoms with van der Waals surface area (Å²) in [6.07, 6.45) is -4.78. The molecule has 0 saturated carbocycles. The highest BCUT2D eigenvalue weighted by molar-refractivity contribution is 7.92. The molecule has 0 saturated heterocycles. The summed E-state index contributed by atoms with van der Waals surface area (Å²) in [4.78, 5) is 17.2. The molecule has 0 unspecified atom stereocenters. The number of anilines is 2. The molecule has 14 heteroatoms. The number of nitrogens with zero attached hydrogens (tertiary/aromatic N) is 2. The maximum absolute atomic E-state index is 14.2. The van der Waals surface area contributed by atoms with Gasteiger partial charge in [0.05, 0.1) is 35.0 Å². The first-order chi connectivity index (χ1) is 19.8. The molecule has 0 aliphatic heterocycles. The van der Waals surface area contributed by atoms with E-state index >= 15 is 0 Å². The number of halogens is 5. The Kier molecular flexibility index (Phi) is 7.10. The first-order valence-electron chi connectivity index (χ1n) is 12.0. The molecule has 0 amide bonds. The van der Waals surface area contributed by atoms with Gasteiger partial charge in [-0.1, -0.05) is 24.3 Å². The van der Waals surface area contributed by atoms with E-state index in [-0.39, 0.29) is 22.2 Å². The normalized spacial score (nSPS) is 12.0. The van der Waals surface area contributed by atoms with Crippen LogP contribution in [0.4, 0.5) is 33.6 Å². The molecule has 216 valence electrons. The van der Waals surface area contributed by atoms with Gasteiger partial charge in [-0.15, -0.1) is 0 Å². The quantitative estimate of drug-likeness (QED) is 0.240. The molecule has 4 aromatic carbocycles. The number of alkyl halides is 3. The van der Waals surface area contributed by atoms with Gasteiger partial charge in [-0.05, 0) is 59.7 Å². The summed E-state index contributed by atoms with van der Waals surface area (Å²) >= 11 is 0. The summed E-state index contributed by atoms with van der Waals surface area (Å²) in [5.74, 6) is -2.61. The van der Waals surface area contributed by atoms with E-state index in [1.165, 1.54) is 55.6 Å². The Labute approximate surface area is 234 Å². The SMILES string of the molecule is COc1ccc(-c2ccc3nc(N)n(-c4ccccc4C(F)(F)F)c(=O)c3c2)cc1S(=O)(=O)Nc1ccc(F)cc1F. The third-order valence-corrected chi connectivity index (χ3v) is 7.69. The van der Waals surface area contributed by atoms with Gasteiger partial charge in [-0.25, -0.2) is 26.7 Å². The van der Waals surface area contributed by atoms with Crippen LogP contribution in [-0.4, -0.2) is 25.1 Å². The number of hydrogen-bond acceptors (Lipinski definition) is 6. The number of methoxy groups -OCH3 is 1. The number of rotatable bonds is 6. The number of fused-ring (bicyclic) bond motifs is 1. The molecule has 5 rings (SSSR count). The van der Waals surface area contributed by atoms with Crippen molar-refractivity contribution in [3.8, 4) is 22.6 Å². The first kappa shape index (κ1) is 28.5. The Morgan fingerprint density at radius 2 is 1.62 bits per heavy atom. The van der Waals surface area contributed by atoms with E-state index in [1.807, 2.05) is 0 Å². The topological polar surface area (TPSA) is 116 Å². The van der Waals surface area contributed by atoms with Gasteiger partial charge in [0.2, 0.25) is 5.95 Å². The number of hydrogen-bond donors (Lipinski definition) is 2. The summed E-state index contributed by atoms with van der Waals surface area (Å²) in [6, 6.07) is 15.0. The third-order valence-electron chi connectivity index (χ3n) is 6.31. The van der Waals surface area contributed by atoms with Crippen LogP contribution < -0.4 is 20.8 Å². The van der Waals surface area contributed by atoms with Gasteiger partial charge < -0.3 is 10.5 Å². The summed E-state index contributed by atoms with van der Waals surface area (Å²) < 4.78 is 103. The second-order valence-electron chi connectivity index (χ2n) is 8.95. The molecule has 0 spiro atoms. The van der Waals surface area contributed by atoms with E-state index in [4.69, 9.17) is 10.5 Å². The molecule has 0 atom stereocenters. The molecule has 1 heterocycles. The van der Waals surface area contributed by atoms with Crippen molar-refractivity contribution in [1.82, 2.24) is 9.55 Å². The first-order valence-corrected chi connectivity index (χ1v) is 13.4. The van der Waals surface area contributed by atoms with Crippen molar-refractivity contribution in [3.63, 3.8) is 0 Å². The van der Waals surface area contributed by atoms with Crippen LogP contribution in [0.3, 0.4) is 0 Å². The largest absolute Gasteiger partial charge is 0.495 e. The predicted octanol–water partition coefficient (Wildman–Crippen LogP) is 5.74. The number of nitrogens with two attached hydrogens (primary N) is 1. The van der Waals surface area contributed by atoms with Crippen LogP contribution in [0.1, 0.15) is 5.56 Å². The zero-order valence-corrected chi connectivity index (χ0v) is 22.2. The summed E-state index contributed by atoms with van der Waals surface area (Å²) in [5.41, 5.74) is 3.58. The highest BCUT2D eigenvalue weighted by Crippen LogP contribution is 2.35. The van der Waals surface area contributed by atoms with E-state index in [9.17, 15) is 35.2 Å². The van der Waals surface area contributed by atoms with E-state index in [0.717, 1.165) is 24.3 Å². The summed E-state index contributed by atoms with van der Waals surface area (Å²) in [7, 11) is -3.26. The Bertz CT molecular complexity index is 2030. The summed E-state index contributed by atoms with van der Waals surface area (Å²) in [5, 5.41) is -0.0922. The molecule has 42 heavy (non-hydrogen) atoms. The predicted molar refractivity (Wildman–Crippen MR) is 146 cm³/mol. The zero-order chi connectivity index (χ0) is 30.4. The van der Waals surface area contributed by atoms with Gasteiger partial charge in [0.15, 0.2) is 0 Å². The van der Waals surface area contributed by atoms with Crippen LogP contribution in [0.5, 0.6) is 5.75 Å². The van der Waals surface area contributed by atoms with Crippen LogP contribution in [-0.2, 0) is 16.2 Å². The van der Waals surface area contributed by atoms with Crippen LogP contribution in [0.15, 0.2) is 88.6 Å². The number of ether oxygens (including phenoxy) is 1. The number of nitrogens with one attached hydrogen (secondary N) is 1. The van der Waals surface area contributed by atoms with Crippen molar-refractivity contribution < 1.29 is 35.1 Å². The van der Waals surface area contributed by atoms with E-state index in [2.05, 4.69) is 9.71 Å². The van der Waals surface area contributed by atoms with Gasteiger partial charge in [-0.2, -0.15) is 13.2 Å². The van der Waals surface area contributed by atoms with Crippen LogP contribution >= 0.6 is 0 Å². The molecular formula is C28H19F5N4O4S. The minimum Gasteiger partial charge on any atom is -0.495 e. The maximum Gasteiger partial charge on any atom is 0.418 e. The van der Waals surface area contributed by atoms with Gasteiger partial charge in [-0.3, -0.25) is 9.52 Å². The highest BCUT2D eigenvalue weighted by atomic mass is 32.2. The number of benzene rings is 4. The molecule has 0 aliphatic carbocycles. The van der Waals surface area contributed by atoms with Crippen LogP contribution in [0.25, 0.3) is 27.7 Å². The summed E-state index contributed by atoms with van der Waals surface area (Å²) in [6.45, 7) is 0. The third kappa shape index (κ3) is 5.23. The second-order valence-corrected chi connectivity index (χ2v) is 10.6. The van der Waals surface area contributed by atoms with Gasteiger partial charge in [0, 0.05) is 6.07 Å². The lowest BCUT2D eigenvalue weighted by molar-refractivity contribution is -0.137. The van der Waals surface area contributed by atoms with Crippen molar-refractivity contribution in [2.45, 2.75) is 11.1 Å². The maximum atomic E-state index is 14.2. The van der Waals surface area contributed by atoms with E-state index in [0.29, 0.717) is 16.2 Å². The molecule has 5 aromatic rings. The lowest BCUT2D eigenvalue weighted by Gasteiger charge is -2.16. The fourth-order valence-corrected chi connectivity index (χ4v) is 5.63. The molecule has 0 aliphatic rings. The second kappa shape index (κ2) is 10.4. The standard InChI is InChI=1S/C28H19F5N4O4S/c1-41-24-11-7-16(13-25(24)42(39,40)36-22-10-8-17(29)14-20(22)30)15-6-9-21-18(12-15)26(38)37(27(34)35-21)23-5-3-2-4-19(23)28(31,32)33/h2-14,36H,1H3,(H2,34,35). The fraction of sp³-hybridized carbons (Fsp3) is 0.0714. The number of nitrogen functional groups attached to an aromatic ring is 1. The van der Waals surface area contributed by atoms with Gasteiger partial charge in [0.1, 0.15) is 22.3 Å². The smallest absolute Gasteiger partial charge is 0.418 e. The number of sulfonamides is 1. The van der Waals surface area contributed by atoms with Gasteiger partial charge >= 0.3 is 6.18 Å². The van der Waals surface area contributed by atoms with Crippen LogP contribution in [0, 0.1) is 11.6 Å². The monoisotopic (exact) mass is 602 g/mol. The number of aromatic nitrogens is 2. The molecule has 8 nitrogen and oxygen atoms in total. The lowest BCUT2D eigenvalue weighted by atomic mass is 10.0. The van der Waals surface area contributed by atoms with Crippen LogP contribution in [0.2, 0.25) is 0 Å². The van der Waals surface area contributed by atoms with Gasteiger partial charge in [0.25, 0.3) is 15.6 Å². The van der Waals surface area contributed by atoms with E-state index < -0.39 is 61.2 Å². The Morgan fingerprint density at radius 1 is 0.929 bits per heavy atom. The molecule has 0 bridgehead atoms.